The van der Waals surface area contributed by atoms with Crippen LogP contribution in [0.2, 0.25) is 0 Å². The second-order valence-electron chi connectivity index (χ2n) is 2.64. The molecular weight excluding hydrogens is 176 g/mol. The summed E-state index contributed by atoms with van der Waals surface area (Å²) in [7, 11) is -1.89. The van der Waals surface area contributed by atoms with Crippen LogP contribution in [-0.2, 0) is 10.0 Å². The van der Waals surface area contributed by atoms with E-state index in [-0.39, 0.29) is 0 Å². The zero-order valence-electron chi connectivity index (χ0n) is 7.61. The first-order valence-corrected chi connectivity index (χ1v) is 5.32. The van der Waals surface area contributed by atoms with Gasteiger partial charge in [-0.1, -0.05) is 6.92 Å². The van der Waals surface area contributed by atoms with Gasteiger partial charge in [-0.15, -0.1) is 0 Å². The first kappa shape index (κ1) is 11.4. The van der Waals surface area contributed by atoms with Crippen molar-refractivity contribution in [1.82, 2.24) is 4.31 Å². The van der Waals surface area contributed by atoms with Crippen molar-refractivity contribution in [1.29, 1.82) is 5.26 Å². The predicted molar refractivity (Wildman–Crippen MR) is 46.9 cm³/mol. The highest BCUT2D eigenvalue weighted by Gasteiger charge is 2.24. The Balaban J connectivity index is 4.53. The summed E-state index contributed by atoms with van der Waals surface area (Å²) in [4.78, 5) is 0. The average molecular weight is 190 g/mol. The Labute approximate surface area is 73.8 Å². The molecule has 0 rings (SSSR count). The topological polar surface area (TPSA) is 61.2 Å². The quantitative estimate of drug-likeness (QED) is 0.651. The third kappa shape index (κ3) is 2.47. The summed E-state index contributed by atoms with van der Waals surface area (Å²) in [5.74, 6) is 0. The van der Waals surface area contributed by atoms with Crippen molar-refractivity contribution in [2.45, 2.75) is 25.5 Å². The molecule has 0 N–H and O–H groups in total. The van der Waals surface area contributed by atoms with Crippen LogP contribution in [-0.4, -0.2) is 31.6 Å². The molecule has 1 atom stereocenters. The van der Waals surface area contributed by atoms with Gasteiger partial charge >= 0.3 is 0 Å². The summed E-state index contributed by atoms with van der Waals surface area (Å²) < 4.78 is 23.9. The van der Waals surface area contributed by atoms with Crippen LogP contribution >= 0.6 is 0 Å². The van der Waals surface area contributed by atoms with Gasteiger partial charge in [0.05, 0.1) is 6.07 Å². The molecule has 4 nitrogen and oxygen atoms in total. The van der Waals surface area contributed by atoms with E-state index in [4.69, 9.17) is 5.26 Å². The van der Waals surface area contributed by atoms with Crippen molar-refractivity contribution in [3.8, 4) is 6.07 Å². The van der Waals surface area contributed by atoms with Crippen LogP contribution in [0.1, 0.15) is 20.3 Å². The molecule has 0 bridgehead atoms. The second-order valence-corrected chi connectivity index (χ2v) is 5.00. The zero-order valence-corrected chi connectivity index (χ0v) is 8.43. The van der Waals surface area contributed by atoms with Gasteiger partial charge in [0.1, 0.15) is 0 Å². The molecule has 0 aromatic rings. The van der Waals surface area contributed by atoms with Crippen LogP contribution in [0.5, 0.6) is 0 Å². The van der Waals surface area contributed by atoms with Gasteiger partial charge in [0.25, 0.3) is 0 Å². The maximum atomic E-state index is 11.4. The van der Waals surface area contributed by atoms with Crippen molar-refractivity contribution < 1.29 is 8.42 Å². The molecule has 12 heavy (non-hydrogen) atoms. The highest BCUT2D eigenvalue weighted by Crippen LogP contribution is 2.05. The largest absolute Gasteiger partial charge is 0.229 e. The van der Waals surface area contributed by atoms with E-state index >= 15 is 0 Å². The van der Waals surface area contributed by atoms with Crippen LogP contribution in [0.4, 0.5) is 0 Å². The fourth-order valence-electron chi connectivity index (χ4n) is 0.779. The van der Waals surface area contributed by atoms with Gasteiger partial charge in [0, 0.05) is 13.6 Å². The van der Waals surface area contributed by atoms with Crippen molar-refractivity contribution >= 4 is 10.0 Å². The first-order chi connectivity index (χ1) is 5.46. The van der Waals surface area contributed by atoms with E-state index in [0.717, 1.165) is 6.42 Å². The summed E-state index contributed by atoms with van der Waals surface area (Å²) >= 11 is 0. The Bertz CT molecular complexity index is 266. The van der Waals surface area contributed by atoms with Gasteiger partial charge in [0.15, 0.2) is 5.25 Å². The highest BCUT2D eigenvalue weighted by molar-refractivity contribution is 7.89. The number of nitriles is 1. The molecule has 1 unspecified atom stereocenters. The number of sulfonamides is 1. The second kappa shape index (κ2) is 4.43. The lowest BCUT2D eigenvalue weighted by Crippen LogP contribution is -2.34. The molecule has 70 valence electrons. The Hall–Kier alpha value is -0.600. The molecule has 0 amide bonds. The fraction of sp³-hybridized carbons (Fsp3) is 0.857. The normalized spacial score (nSPS) is 14.2. The van der Waals surface area contributed by atoms with Crippen LogP contribution < -0.4 is 0 Å². The Morgan fingerprint density at radius 1 is 1.58 bits per heavy atom. The molecule has 0 saturated heterocycles. The molecule has 0 radical (unpaired) electrons. The predicted octanol–water partition coefficient (Wildman–Crippen LogP) is 0.570. The number of hydrogen-bond acceptors (Lipinski definition) is 3. The number of rotatable bonds is 4. The van der Waals surface area contributed by atoms with E-state index in [1.54, 1.807) is 6.07 Å². The number of hydrogen-bond donors (Lipinski definition) is 0. The van der Waals surface area contributed by atoms with E-state index in [0.29, 0.717) is 6.54 Å². The lowest BCUT2D eigenvalue weighted by atomic mass is 10.5. The third-order valence-corrected chi connectivity index (χ3v) is 3.65. The smallest absolute Gasteiger partial charge is 0.211 e. The third-order valence-electron chi connectivity index (χ3n) is 1.60. The van der Waals surface area contributed by atoms with E-state index < -0.39 is 15.3 Å². The van der Waals surface area contributed by atoms with E-state index in [9.17, 15) is 8.42 Å². The molecule has 0 spiro atoms. The van der Waals surface area contributed by atoms with E-state index in [1.165, 1.54) is 18.3 Å². The number of nitrogens with zero attached hydrogens (tertiary/aromatic N) is 2. The molecule has 0 aromatic carbocycles. The Morgan fingerprint density at radius 3 is 2.42 bits per heavy atom. The Morgan fingerprint density at radius 2 is 2.08 bits per heavy atom. The van der Waals surface area contributed by atoms with Gasteiger partial charge in [-0.25, -0.2) is 12.7 Å². The maximum Gasteiger partial charge on any atom is 0.229 e. The highest BCUT2D eigenvalue weighted by atomic mass is 32.2. The zero-order chi connectivity index (χ0) is 9.78. The van der Waals surface area contributed by atoms with Crippen molar-refractivity contribution in [2.24, 2.45) is 0 Å². The lowest BCUT2D eigenvalue weighted by Gasteiger charge is -2.16. The molecule has 0 aliphatic heterocycles. The summed E-state index contributed by atoms with van der Waals surface area (Å²) in [6, 6.07) is 1.71. The minimum absolute atomic E-state index is 0.467. The minimum atomic E-state index is -3.38. The van der Waals surface area contributed by atoms with Gasteiger partial charge in [-0.3, -0.25) is 0 Å². The van der Waals surface area contributed by atoms with Crippen molar-refractivity contribution in [3.63, 3.8) is 0 Å². The standard InChI is InChI=1S/C7H14N2O2S/c1-4-5-9(3)12(10,11)7(2)6-8/h7H,4-5H2,1-3H3. The van der Waals surface area contributed by atoms with Crippen molar-refractivity contribution in [2.75, 3.05) is 13.6 Å². The first-order valence-electron chi connectivity index (χ1n) is 3.81. The summed E-state index contributed by atoms with van der Waals surface area (Å²) in [5, 5.41) is 7.48. The van der Waals surface area contributed by atoms with Gasteiger partial charge in [-0.2, -0.15) is 5.26 Å². The lowest BCUT2D eigenvalue weighted by molar-refractivity contribution is 0.465. The van der Waals surface area contributed by atoms with E-state index in [1.807, 2.05) is 6.92 Å². The average Bonchev–Trinajstić information content (AvgIpc) is 2.03. The molecule has 0 aliphatic carbocycles. The molecule has 0 fully saturated rings. The summed E-state index contributed by atoms with van der Waals surface area (Å²) in [6.07, 6.45) is 0.758. The van der Waals surface area contributed by atoms with Gasteiger partial charge in [-0.05, 0) is 13.3 Å². The Kier molecular flexibility index (Phi) is 4.21. The van der Waals surface area contributed by atoms with Crippen LogP contribution in [0.25, 0.3) is 0 Å². The maximum absolute atomic E-state index is 11.4. The van der Waals surface area contributed by atoms with E-state index in [2.05, 4.69) is 0 Å². The monoisotopic (exact) mass is 190 g/mol. The van der Waals surface area contributed by atoms with Gasteiger partial charge < -0.3 is 0 Å². The molecular formula is C7H14N2O2S. The minimum Gasteiger partial charge on any atom is -0.211 e. The van der Waals surface area contributed by atoms with Crippen molar-refractivity contribution in [3.05, 3.63) is 0 Å². The SMILES string of the molecule is CCCN(C)S(=O)(=O)C(C)C#N. The van der Waals surface area contributed by atoms with Crippen LogP contribution in [0, 0.1) is 11.3 Å². The van der Waals surface area contributed by atoms with Gasteiger partial charge in [0.2, 0.25) is 10.0 Å². The van der Waals surface area contributed by atoms with Crippen LogP contribution in [0.3, 0.4) is 0 Å². The van der Waals surface area contributed by atoms with Crippen LogP contribution in [0.15, 0.2) is 0 Å². The molecule has 5 heteroatoms. The molecule has 0 aromatic heterocycles. The summed E-state index contributed by atoms with van der Waals surface area (Å²) in [6.45, 7) is 3.75. The molecule has 0 aliphatic rings. The summed E-state index contributed by atoms with van der Waals surface area (Å²) in [5.41, 5.74) is 0. The molecule has 0 saturated carbocycles. The molecule has 0 heterocycles. The fourth-order valence-corrected chi connectivity index (χ4v) is 1.89.